The third kappa shape index (κ3) is 4.97. The van der Waals surface area contributed by atoms with Crippen LogP contribution in [-0.2, 0) is 17.6 Å². The second-order valence-electron chi connectivity index (χ2n) is 5.86. The number of thiazole rings is 1. The lowest BCUT2D eigenvalue weighted by Crippen LogP contribution is -2.27. The van der Waals surface area contributed by atoms with Crippen LogP contribution < -0.4 is 5.32 Å². The van der Waals surface area contributed by atoms with Gasteiger partial charge in [-0.25, -0.2) is 9.37 Å². The van der Waals surface area contributed by atoms with Gasteiger partial charge in [0.05, 0.1) is 17.1 Å². The van der Waals surface area contributed by atoms with Gasteiger partial charge in [0.25, 0.3) is 0 Å². The fraction of sp³-hybridized carbons (Fsp3) is 0.200. The molecule has 3 aromatic rings. The van der Waals surface area contributed by atoms with Gasteiger partial charge in [0, 0.05) is 17.5 Å². The average molecular weight is 354 g/mol. The monoisotopic (exact) mass is 354 g/mol. The maximum Gasteiger partial charge on any atom is 0.224 e. The van der Waals surface area contributed by atoms with E-state index in [1.807, 2.05) is 42.6 Å². The molecule has 0 aliphatic rings. The van der Waals surface area contributed by atoms with Crippen molar-refractivity contribution in [2.75, 3.05) is 6.54 Å². The molecular formula is C20H19FN2OS. The molecule has 0 spiro atoms. The Bertz CT molecular complexity index is 858. The summed E-state index contributed by atoms with van der Waals surface area (Å²) in [4.78, 5) is 16.5. The number of halogens is 1. The lowest BCUT2D eigenvalue weighted by atomic mass is 10.1. The summed E-state index contributed by atoms with van der Waals surface area (Å²) in [5, 5.41) is 5.95. The van der Waals surface area contributed by atoms with Crippen LogP contribution in [-0.4, -0.2) is 17.4 Å². The summed E-state index contributed by atoms with van der Waals surface area (Å²) < 4.78 is 13.1. The van der Waals surface area contributed by atoms with Crippen LogP contribution in [0.15, 0.2) is 53.9 Å². The van der Waals surface area contributed by atoms with Gasteiger partial charge in [-0.15, -0.1) is 11.3 Å². The van der Waals surface area contributed by atoms with Crippen molar-refractivity contribution < 1.29 is 9.18 Å². The van der Waals surface area contributed by atoms with Gasteiger partial charge in [0.2, 0.25) is 5.91 Å². The molecule has 0 aliphatic carbocycles. The number of benzene rings is 2. The number of nitrogens with one attached hydrogen (secondary N) is 1. The predicted octanol–water partition coefficient (Wildman–Crippen LogP) is 4.16. The number of rotatable bonds is 6. The summed E-state index contributed by atoms with van der Waals surface area (Å²) in [6.45, 7) is 2.48. The van der Waals surface area contributed by atoms with Crippen molar-refractivity contribution in [3.63, 3.8) is 0 Å². The van der Waals surface area contributed by atoms with Gasteiger partial charge < -0.3 is 5.32 Å². The lowest BCUT2D eigenvalue weighted by Gasteiger charge is -2.06. The van der Waals surface area contributed by atoms with E-state index in [4.69, 9.17) is 0 Å². The number of aryl methyl sites for hydroxylation is 1. The average Bonchev–Trinajstić information content (AvgIpc) is 3.02. The van der Waals surface area contributed by atoms with E-state index in [1.54, 1.807) is 17.4 Å². The number of carbonyl (C=O) groups excluding carboxylic acids is 1. The van der Waals surface area contributed by atoms with E-state index < -0.39 is 0 Å². The van der Waals surface area contributed by atoms with Crippen LogP contribution in [0.5, 0.6) is 0 Å². The summed E-state index contributed by atoms with van der Waals surface area (Å²) in [7, 11) is 0. The zero-order valence-electron chi connectivity index (χ0n) is 14.0. The molecule has 1 heterocycles. The minimum Gasteiger partial charge on any atom is -0.355 e. The molecule has 25 heavy (non-hydrogen) atoms. The Labute approximate surface area is 150 Å². The number of aromatic nitrogens is 1. The zero-order valence-corrected chi connectivity index (χ0v) is 14.8. The quantitative estimate of drug-likeness (QED) is 0.722. The number of nitrogens with zero attached hydrogens (tertiary/aromatic N) is 1. The molecule has 0 aliphatic heterocycles. The Kier molecular flexibility index (Phi) is 5.56. The number of hydrogen-bond acceptors (Lipinski definition) is 3. The van der Waals surface area contributed by atoms with Crippen molar-refractivity contribution in [2.45, 2.75) is 19.8 Å². The van der Waals surface area contributed by atoms with Gasteiger partial charge in [-0.2, -0.15) is 0 Å². The van der Waals surface area contributed by atoms with Crippen molar-refractivity contribution in [3.05, 3.63) is 75.9 Å². The second kappa shape index (κ2) is 8.03. The maximum absolute atomic E-state index is 13.1. The van der Waals surface area contributed by atoms with E-state index in [0.29, 0.717) is 19.4 Å². The third-order valence-electron chi connectivity index (χ3n) is 3.86. The minimum absolute atomic E-state index is 0.0337. The van der Waals surface area contributed by atoms with Crippen molar-refractivity contribution in [3.8, 4) is 11.3 Å². The van der Waals surface area contributed by atoms with Crippen LogP contribution in [0, 0.1) is 12.7 Å². The second-order valence-corrected chi connectivity index (χ2v) is 6.92. The Morgan fingerprint density at radius 2 is 1.96 bits per heavy atom. The molecule has 0 atom stereocenters. The molecule has 0 unspecified atom stereocenters. The van der Waals surface area contributed by atoms with E-state index in [-0.39, 0.29) is 11.7 Å². The summed E-state index contributed by atoms with van der Waals surface area (Å²) in [6.07, 6.45) is 0.950. The zero-order chi connectivity index (χ0) is 17.6. The topological polar surface area (TPSA) is 42.0 Å². The molecule has 0 bridgehead atoms. The smallest absolute Gasteiger partial charge is 0.224 e. The molecule has 0 saturated carbocycles. The molecule has 3 rings (SSSR count). The maximum atomic E-state index is 13.1. The number of hydrogen-bond donors (Lipinski definition) is 1. The summed E-state index contributed by atoms with van der Waals surface area (Å²) >= 11 is 1.62. The van der Waals surface area contributed by atoms with E-state index in [0.717, 1.165) is 27.4 Å². The predicted molar refractivity (Wildman–Crippen MR) is 99.1 cm³/mol. The highest BCUT2D eigenvalue weighted by Crippen LogP contribution is 2.21. The third-order valence-corrected chi connectivity index (χ3v) is 4.63. The van der Waals surface area contributed by atoms with Gasteiger partial charge in [-0.1, -0.05) is 36.4 Å². The Hall–Kier alpha value is -2.53. The van der Waals surface area contributed by atoms with E-state index >= 15 is 0 Å². The van der Waals surface area contributed by atoms with Gasteiger partial charge in [-0.05, 0) is 36.6 Å². The molecule has 128 valence electrons. The van der Waals surface area contributed by atoms with Crippen molar-refractivity contribution >= 4 is 17.2 Å². The van der Waals surface area contributed by atoms with Crippen LogP contribution in [0.3, 0.4) is 0 Å². The highest BCUT2D eigenvalue weighted by Gasteiger charge is 2.06. The standard InChI is InChI=1S/C20H19FN2OS/c1-14-23-19(13-25-14)17-7-5-16(6-8-17)12-20(24)22-10-9-15-3-2-4-18(21)11-15/h2-8,11,13H,9-10,12H2,1H3,(H,22,24). The number of carbonyl (C=O) groups is 1. The largest absolute Gasteiger partial charge is 0.355 e. The van der Waals surface area contributed by atoms with Gasteiger partial charge in [0.15, 0.2) is 0 Å². The van der Waals surface area contributed by atoms with Gasteiger partial charge in [0.1, 0.15) is 5.82 Å². The molecule has 0 saturated heterocycles. The molecule has 0 fully saturated rings. The van der Waals surface area contributed by atoms with Gasteiger partial charge in [-0.3, -0.25) is 4.79 Å². The minimum atomic E-state index is -0.251. The van der Waals surface area contributed by atoms with Crippen molar-refractivity contribution in [2.24, 2.45) is 0 Å². The number of amides is 1. The summed E-state index contributed by atoms with van der Waals surface area (Å²) in [6, 6.07) is 14.3. The van der Waals surface area contributed by atoms with E-state index in [2.05, 4.69) is 10.3 Å². The molecule has 2 aromatic carbocycles. The van der Waals surface area contributed by atoms with E-state index in [1.165, 1.54) is 12.1 Å². The first-order valence-electron chi connectivity index (χ1n) is 8.13. The Morgan fingerprint density at radius 3 is 2.64 bits per heavy atom. The highest BCUT2D eigenvalue weighted by atomic mass is 32.1. The molecule has 3 nitrogen and oxygen atoms in total. The SMILES string of the molecule is Cc1nc(-c2ccc(CC(=O)NCCc3cccc(F)c3)cc2)cs1. The molecule has 5 heteroatoms. The first-order valence-corrected chi connectivity index (χ1v) is 9.01. The fourth-order valence-corrected chi connectivity index (χ4v) is 3.20. The molecular weight excluding hydrogens is 335 g/mol. The van der Waals surface area contributed by atoms with Crippen LogP contribution in [0.1, 0.15) is 16.1 Å². The fourth-order valence-electron chi connectivity index (χ4n) is 2.58. The molecule has 1 N–H and O–H groups in total. The Balaban J connectivity index is 1.49. The van der Waals surface area contributed by atoms with Gasteiger partial charge >= 0.3 is 0 Å². The first-order chi connectivity index (χ1) is 12.1. The van der Waals surface area contributed by atoms with Crippen molar-refractivity contribution in [1.82, 2.24) is 10.3 Å². The summed E-state index contributed by atoms with van der Waals surface area (Å²) in [5.41, 5.74) is 3.86. The molecule has 0 radical (unpaired) electrons. The Morgan fingerprint density at radius 1 is 1.16 bits per heavy atom. The van der Waals surface area contributed by atoms with Crippen LogP contribution in [0.4, 0.5) is 4.39 Å². The summed E-state index contributed by atoms with van der Waals surface area (Å²) in [5.74, 6) is -0.284. The lowest BCUT2D eigenvalue weighted by molar-refractivity contribution is -0.120. The molecule has 1 amide bonds. The van der Waals surface area contributed by atoms with Crippen molar-refractivity contribution in [1.29, 1.82) is 0 Å². The first kappa shape index (κ1) is 17.3. The van der Waals surface area contributed by atoms with E-state index in [9.17, 15) is 9.18 Å². The molecule has 1 aromatic heterocycles. The normalized spacial score (nSPS) is 10.6. The van der Waals surface area contributed by atoms with Crippen LogP contribution >= 0.6 is 11.3 Å². The van der Waals surface area contributed by atoms with Crippen LogP contribution in [0.25, 0.3) is 11.3 Å². The van der Waals surface area contributed by atoms with Crippen LogP contribution in [0.2, 0.25) is 0 Å². The highest BCUT2D eigenvalue weighted by molar-refractivity contribution is 7.09.